The number of aromatic hydroxyl groups is 1. The predicted octanol–water partition coefficient (Wildman–Crippen LogP) is 5.30. The first-order valence-electron chi connectivity index (χ1n) is 11.6. The van der Waals surface area contributed by atoms with Gasteiger partial charge < -0.3 is 19.5 Å². The predicted molar refractivity (Wildman–Crippen MR) is 138 cm³/mol. The maximum absolute atomic E-state index is 13.2. The molecule has 1 saturated heterocycles. The van der Waals surface area contributed by atoms with Crippen molar-refractivity contribution in [1.29, 1.82) is 0 Å². The number of phenolic OH excluding ortho intramolecular Hbond substituents is 1. The molecule has 0 unspecified atom stereocenters. The number of Topliss-reactive ketones (excluding diaryl/α,β-unsaturated/α-hetero) is 1. The van der Waals surface area contributed by atoms with Crippen LogP contribution in [0.4, 0.5) is 5.69 Å². The van der Waals surface area contributed by atoms with Crippen LogP contribution in [0.25, 0.3) is 6.08 Å². The van der Waals surface area contributed by atoms with Crippen LogP contribution in [0.3, 0.4) is 0 Å². The maximum Gasteiger partial charge on any atom is 0.232 e. The summed E-state index contributed by atoms with van der Waals surface area (Å²) in [7, 11) is 1.67. The number of phenols is 1. The highest BCUT2D eigenvalue weighted by molar-refractivity contribution is 6.30. The summed E-state index contributed by atoms with van der Waals surface area (Å²) in [5.41, 5.74) is 3.86. The Balaban J connectivity index is 1.33. The highest BCUT2D eigenvalue weighted by atomic mass is 35.5. The molecule has 0 bridgehead atoms. The summed E-state index contributed by atoms with van der Waals surface area (Å²) in [5, 5.41) is 11.4. The van der Waals surface area contributed by atoms with Crippen LogP contribution in [-0.2, 0) is 6.54 Å². The van der Waals surface area contributed by atoms with Gasteiger partial charge in [0, 0.05) is 43.4 Å². The lowest BCUT2D eigenvalue weighted by Crippen LogP contribution is -2.46. The van der Waals surface area contributed by atoms with Crippen LogP contribution in [-0.4, -0.2) is 49.1 Å². The van der Waals surface area contributed by atoms with Crippen molar-refractivity contribution in [2.24, 2.45) is 0 Å². The van der Waals surface area contributed by atoms with Crippen LogP contribution in [0, 0.1) is 6.92 Å². The molecule has 6 nitrogen and oxygen atoms in total. The van der Waals surface area contributed by atoms with Crippen LogP contribution in [0.2, 0.25) is 5.02 Å². The second-order valence-electron chi connectivity index (χ2n) is 8.85. The smallest absolute Gasteiger partial charge is 0.232 e. The third kappa shape index (κ3) is 4.72. The van der Waals surface area contributed by atoms with Crippen LogP contribution < -0.4 is 14.4 Å². The molecule has 0 saturated carbocycles. The molecule has 3 aromatic rings. The number of ketones is 1. The molecule has 0 aromatic heterocycles. The summed E-state index contributed by atoms with van der Waals surface area (Å²) in [4.78, 5) is 17.8. The second kappa shape index (κ2) is 9.64. The van der Waals surface area contributed by atoms with E-state index in [1.807, 2.05) is 31.2 Å². The largest absolute Gasteiger partial charge is 0.507 e. The lowest BCUT2D eigenvalue weighted by Gasteiger charge is -2.36. The summed E-state index contributed by atoms with van der Waals surface area (Å²) in [6.07, 6.45) is 1.71. The Morgan fingerprint density at radius 1 is 1.06 bits per heavy atom. The van der Waals surface area contributed by atoms with Crippen molar-refractivity contribution < 1.29 is 19.4 Å². The maximum atomic E-state index is 13.2. The van der Waals surface area contributed by atoms with Crippen molar-refractivity contribution in [3.63, 3.8) is 0 Å². The molecule has 0 atom stereocenters. The summed E-state index contributed by atoms with van der Waals surface area (Å²) in [5.74, 6) is 1.54. The number of methoxy groups -OCH3 is 1. The average molecular weight is 491 g/mol. The summed E-state index contributed by atoms with van der Waals surface area (Å²) in [6, 6.07) is 17.0. The Hall–Kier alpha value is -3.48. The number of hydrogen-bond donors (Lipinski definition) is 1. The number of allylic oxidation sites excluding steroid dienone is 1. The number of carbonyl (C=O) groups excluding carboxylic acids is 1. The van der Waals surface area contributed by atoms with E-state index in [2.05, 4.69) is 21.9 Å². The monoisotopic (exact) mass is 490 g/mol. The summed E-state index contributed by atoms with van der Waals surface area (Å²) in [6.45, 7) is 5.71. The molecule has 180 valence electrons. The van der Waals surface area contributed by atoms with E-state index in [9.17, 15) is 9.90 Å². The van der Waals surface area contributed by atoms with Crippen molar-refractivity contribution in [2.45, 2.75) is 13.5 Å². The third-order valence-electron chi connectivity index (χ3n) is 6.58. The fourth-order valence-electron chi connectivity index (χ4n) is 4.62. The van der Waals surface area contributed by atoms with E-state index < -0.39 is 0 Å². The zero-order valence-electron chi connectivity index (χ0n) is 19.8. The molecule has 0 radical (unpaired) electrons. The molecule has 2 aliphatic heterocycles. The molecule has 0 amide bonds. The number of aryl methyl sites for hydroxylation is 1. The van der Waals surface area contributed by atoms with Crippen molar-refractivity contribution in [2.75, 3.05) is 38.2 Å². The number of benzene rings is 3. The standard InChI is InChI=1S/C28H27ClN2O4/c1-18-15-24(32)23(17-30-11-13-31(14-12-30)21-7-9-22(34-2)10-8-21)28-26(18)27(33)25(35-28)16-19-3-5-20(29)6-4-19/h3-10,15-16,32H,11-14,17H2,1-2H3/b25-16-. The highest BCUT2D eigenvalue weighted by Crippen LogP contribution is 2.42. The molecule has 3 aromatic carbocycles. The third-order valence-corrected chi connectivity index (χ3v) is 6.83. The van der Waals surface area contributed by atoms with Gasteiger partial charge in [-0.1, -0.05) is 23.7 Å². The van der Waals surface area contributed by atoms with E-state index in [-0.39, 0.29) is 17.3 Å². The van der Waals surface area contributed by atoms with Gasteiger partial charge in [-0.3, -0.25) is 9.69 Å². The lowest BCUT2D eigenvalue weighted by atomic mass is 9.99. The minimum atomic E-state index is -0.168. The van der Waals surface area contributed by atoms with Gasteiger partial charge >= 0.3 is 0 Å². The van der Waals surface area contributed by atoms with Gasteiger partial charge in [0.1, 0.15) is 17.2 Å². The van der Waals surface area contributed by atoms with Crippen LogP contribution in [0.15, 0.2) is 60.4 Å². The van der Waals surface area contributed by atoms with Crippen LogP contribution in [0.5, 0.6) is 17.2 Å². The Kier molecular flexibility index (Phi) is 6.41. The van der Waals surface area contributed by atoms with Gasteiger partial charge in [0.15, 0.2) is 5.76 Å². The van der Waals surface area contributed by atoms with Gasteiger partial charge in [0.05, 0.1) is 18.2 Å². The average Bonchev–Trinajstić information content (AvgIpc) is 3.19. The quantitative estimate of drug-likeness (QED) is 0.490. The number of halogens is 1. The van der Waals surface area contributed by atoms with Gasteiger partial charge in [-0.25, -0.2) is 0 Å². The van der Waals surface area contributed by atoms with E-state index >= 15 is 0 Å². The molecule has 7 heteroatoms. The zero-order valence-corrected chi connectivity index (χ0v) is 20.5. The van der Waals surface area contributed by atoms with E-state index in [1.54, 1.807) is 31.4 Å². The van der Waals surface area contributed by atoms with Gasteiger partial charge in [-0.2, -0.15) is 0 Å². The normalized spacial score (nSPS) is 16.9. The molecule has 35 heavy (non-hydrogen) atoms. The Labute approximate surface area is 209 Å². The number of fused-ring (bicyclic) bond motifs is 1. The number of ether oxygens (including phenoxy) is 2. The van der Waals surface area contributed by atoms with Crippen molar-refractivity contribution >= 4 is 29.1 Å². The van der Waals surface area contributed by atoms with Crippen LogP contribution >= 0.6 is 11.6 Å². The van der Waals surface area contributed by atoms with Gasteiger partial charge in [0.25, 0.3) is 0 Å². The molecule has 1 fully saturated rings. The first-order chi connectivity index (χ1) is 16.9. The molecule has 2 aliphatic rings. The van der Waals surface area contributed by atoms with Gasteiger partial charge in [-0.15, -0.1) is 0 Å². The van der Waals surface area contributed by atoms with Crippen molar-refractivity contribution in [3.8, 4) is 17.2 Å². The Morgan fingerprint density at radius 3 is 2.40 bits per heavy atom. The van der Waals surface area contributed by atoms with E-state index in [0.717, 1.165) is 43.2 Å². The minimum absolute atomic E-state index is 0.152. The fourth-order valence-corrected chi connectivity index (χ4v) is 4.75. The minimum Gasteiger partial charge on any atom is -0.507 e. The molecule has 0 aliphatic carbocycles. The number of nitrogens with zero attached hydrogens (tertiary/aromatic N) is 2. The van der Waals surface area contributed by atoms with Crippen molar-refractivity contribution in [3.05, 3.63) is 87.6 Å². The molecular formula is C28H27ClN2O4. The van der Waals surface area contributed by atoms with E-state index in [0.29, 0.717) is 34.0 Å². The summed E-state index contributed by atoms with van der Waals surface area (Å²) < 4.78 is 11.3. The lowest BCUT2D eigenvalue weighted by molar-refractivity contribution is 0.101. The number of rotatable bonds is 5. The number of piperazine rings is 1. The van der Waals surface area contributed by atoms with E-state index in [1.165, 1.54) is 0 Å². The Bertz CT molecular complexity index is 1280. The number of hydrogen-bond acceptors (Lipinski definition) is 6. The van der Waals surface area contributed by atoms with Gasteiger partial charge in [0.2, 0.25) is 5.78 Å². The highest BCUT2D eigenvalue weighted by Gasteiger charge is 2.34. The van der Waals surface area contributed by atoms with Gasteiger partial charge in [-0.05, 0) is 66.6 Å². The molecule has 0 spiro atoms. The summed E-state index contributed by atoms with van der Waals surface area (Å²) >= 11 is 5.98. The zero-order chi connectivity index (χ0) is 24.5. The fraction of sp³-hybridized carbons (Fsp3) is 0.250. The number of carbonyl (C=O) groups is 1. The number of anilines is 1. The van der Waals surface area contributed by atoms with Crippen molar-refractivity contribution in [1.82, 2.24) is 4.90 Å². The molecular weight excluding hydrogens is 464 g/mol. The first-order valence-corrected chi connectivity index (χ1v) is 12.0. The molecule has 5 rings (SSSR count). The first kappa shape index (κ1) is 23.3. The molecule has 1 N–H and O–H groups in total. The second-order valence-corrected chi connectivity index (χ2v) is 9.28. The van der Waals surface area contributed by atoms with E-state index in [4.69, 9.17) is 21.1 Å². The SMILES string of the molecule is COc1ccc(N2CCN(Cc3c(O)cc(C)c4c3O/C(=C\c3ccc(Cl)cc3)C4=O)CC2)cc1. The van der Waals surface area contributed by atoms with Crippen LogP contribution in [0.1, 0.15) is 27.0 Å². The molecule has 2 heterocycles. The topological polar surface area (TPSA) is 62.2 Å². The Morgan fingerprint density at radius 2 is 1.74 bits per heavy atom.